The predicted molar refractivity (Wildman–Crippen MR) is 94.3 cm³/mol. The normalized spacial score (nSPS) is 16.1. The van der Waals surface area contributed by atoms with Crippen molar-refractivity contribution < 1.29 is 4.79 Å². The molecule has 0 N–H and O–H groups in total. The lowest BCUT2D eigenvalue weighted by atomic mass is 9.94. The molecule has 1 saturated carbocycles. The van der Waals surface area contributed by atoms with Gasteiger partial charge in [-0.2, -0.15) is 0 Å². The maximum atomic E-state index is 13.0. The van der Waals surface area contributed by atoms with Crippen LogP contribution in [0.15, 0.2) is 29.6 Å². The van der Waals surface area contributed by atoms with Gasteiger partial charge >= 0.3 is 0 Å². The van der Waals surface area contributed by atoms with Crippen molar-refractivity contribution in [1.82, 2.24) is 19.5 Å². The molecule has 2 aromatic rings. The van der Waals surface area contributed by atoms with Crippen LogP contribution in [0.4, 0.5) is 0 Å². The van der Waals surface area contributed by atoms with Crippen LogP contribution in [0.1, 0.15) is 55.2 Å². The predicted octanol–water partition coefficient (Wildman–Crippen LogP) is 2.58. The van der Waals surface area contributed by atoms with Gasteiger partial charge in [-0.25, -0.2) is 4.98 Å². The summed E-state index contributed by atoms with van der Waals surface area (Å²) in [5.41, 5.74) is 1.95. The minimum Gasteiger partial charge on any atom is -0.297 e. The highest BCUT2D eigenvalue weighted by atomic mass is 16.1. The van der Waals surface area contributed by atoms with Crippen molar-refractivity contribution in [3.05, 3.63) is 52.2 Å². The van der Waals surface area contributed by atoms with E-state index in [1.54, 1.807) is 19.3 Å². The number of rotatable bonds is 6. The van der Waals surface area contributed by atoms with Gasteiger partial charge in [0.05, 0.1) is 30.2 Å². The number of Topliss-reactive ketones (excluding diaryl/α,β-unsaturated/α-hetero) is 1. The van der Waals surface area contributed by atoms with Gasteiger partial charge in [0.2, 0.25) is 0 Å². The standard InChI is InChI=1S/C19H24N4O2/c1-13-7-19(25)23(12-22-13)17(8-15-5-3-4-6-15)18(24)9-16-11-20-14(2)10-21-16/h7,10-12,15,17H,3-6,8-9H2,1-2H3/t17-/m0/s1. The topological polar surface area (TPSA) is 77.7 Å². The quantitative estimate of drug-likeness (QED) is 0.808. The van der Waals surface area contributed by atoms with Gasteiger partial charge in [-0.15, -0.1) is 0 Å². The van der Waals surface area contributed by atoms with Crippen molar-refractivity contribution in [2.75, 3.05) is 0 Å². The fourth-order valence-electron chi connectivity index (χ4n) is 3.50. The van der Waals surface area contributed by atoms with Crippen molar-refractivity contribution in [3.63, 3.8) is 0 Å². The van der Waals surface area contributed by atoms with E-state index in [0.717, 1.165) is 18.5 Å². The molecular weight excluding hydrogens is 316 g/mol. The summed E-state index contributed by atoms with van der Waals surface area (Å²) in [6.07, 6.45) is 10.4. The first-order valence-electron chi connectivity index (χ1n) is 8.88. The molecule has 0 aliphatic heterocycles. The van der Waals surface area contributed by atoms with Crippen molar-refractivity contribution >= 4 is 5.78 Å². The Kier molecular flexibility index (Phi) is 5.36. The molecule has 1 aliphatic carbocycles. The van der Waals surface area contributed by atoms with E-state index in [0.29, 0.717) is 23.7 Å². The fourth-order valence-corrected chi connectivity index (χ4v) is 3.50. The smallest absolute Gasteiger partial charge is 0.254 e. The van der Waals surface area contributed by atoms with E-state index in [9.17, 15) is 9.59 Å². The molecule has 2 heterocycles. The molecule has 0 aromatic carbocycles. The highest BCUT2D eigenvalue weighted by Crippen LogP contribution is 2.32. The number of hydrogen-bond donors (Lipinski definition) is 0. The number of carbonyl (C=O) groups is 1. The first kappa shape index (κ1) is 17.5. The summed E-state index contributed by atoms with van der Waals surface area (Å²) < 4.78 is 1.50. The number of nitrogens with zero attached hydrogens (tertiary/aromatic N) is 4. The molecule has 0 saturated heterocycles. The molecule has 0 amide bonds. The average molecular weight is 340 g/mol. The Labute approximate surface area is 147 Å². The van der Waals surface area contributed by atoms with Crippen LogP contribution in [0, 0.1) is 19.8 Å². The highest BCUT2D eigenvalue weighted by molar-refractivity contribution is 5.84. The lowest BCUT2D eigenvalue weighted by Crippen LogP contribution is -2.32. The Bertz CT molecular complexity index is 792. The van der Waals surface area contributed by atoms with Crippen molar-refractivity contribution in [2.45, 2.75) is 58.4 Å². The number of ketones is 1. The van der Waals surface area contributed by atoms with E-state index in [-0.39, 0.29) is 17.8 Å². The van der Waals surface area contributed by atoms with E-state index >= 15 is 0 Å². The largest absolute Gasteiger partial charge is 0.297 e. The average Bonchev–Trinajstić information content (AvgIpc) is 3.08. The second-order valence-corrected chi connectivity index (χ2v) is 6.97. The molecule has 0 unspecified atom stereocenters. The Morgan fingerprint density at radius 3 is 2.56 bits per heavy atom. The second-order valence-electron chi connectivity index (χ2n) is 6.97. The Hall–Kier alpha value is -2.37. The lowest BCUT2D eigenvalue weighted by molar-refractivity contribution is -0.122. The van der Waals surface area contributed by atoms with Gasteiger partial charge in [0.25, 0.3) is 5.56 Å². The molecule has 6 nitrogen and oxygen atoms in total. The number of aryl methyl sites for hydroxylation is 2. The van der Waals surface area contributed by atoms with Crippen molar-refractivity contribution in [2.24, 2.45) is 5.92 Å². The van der Waals surface area contributed by atoms with Crippen LogP contribution in [0.2, 0.25) is 0 Å². The summed E-state index contributed by atoms with van der Waals surface area (Å²) >= 11 is 0. The molecule has 0 radical (unpaired) electrons. The summed E-state index contributed by atoms with van der Waals surface area (Å²) in [6, 6.07) is 1.01. The SMILES string of the molecule is Cc1cnc(CC(=O)[C@H](CC2CCCC2)n2cnc(C)cc2=O)cn1. The molecule has 3 rings (SSSR count). The van der Waals surface area contributed by atoms with E-state index in [2.05, 4.69) is 15.0 Å². The van der Waals surface area contributed by atoms with Gasteiger partial charge in [-0.1, -0.05) is 25.7 Å². The molecule has 1 aliphatic rings. The van der Waals surface area contributed by atoms with Crippen LogP contribution < -0.4 is 5.56 Å². The third kappa shape index (κ3) is 4.38. The number of aromatic nitrogens is 4. The first-order valence-corrected chi connectivity index (χ1v) is 8.88. The zero-order valence-corrected chi connectivity index (χ0v) is 14.8. The Morgan fingerprint density at radius 1 is 1.16 bits per heavy atom. The van der Waals surface area contributed by atoms with Gasteiger partial charge in [-0.3, -0.25) is 24.1 Å². The van der Waals surface area contributed by atoms with Crippen molar-refractivity contribution in [3.8, 4) is 0 Å². The molecule has 0 bridgehead atoms. The molecular formula is C19H24N4O2. The Balaban J connectivity index is 1.85. The summed E-state index contributed by atoms with van der Waals surface area (Å²) in [4.78, 5) is 38.1. The third-order valence-electron chi connectivity index (χ3n) is 4.90. The molecule has 25 heavy (non-hydrogen) atoms. The van der Waals surface area contributed by atoms with Gasteiger partial charge in [0.1, 0.15) is 0 Å². The minimum atomic E-state index is -0.480. The zero-order valence-electron chi connectivity index (χ0n) is 14.8. The highest BCUT2D eigenvalue weighted by Gasteiger charge is 2.27. The molecule has 0 spiro atoms. The summed E-state index contributed by atoms with van der Waals surface area (Å²) in [6.45, 7) is 3.64. The number of carbonyl (C=O) groups excluding carboxylic acids is 1. The third-order valence-corrected chi connectivity index (χ3v) is 4.90. The van der Waals surface area contributed by atoms with Crippen molar-refractivity contribution in [1.29, 1.82) is 0 Å². The van der Waals surface area contributed by atoms with Gasteiger partial charge in [-0.05, 0) is 26.2 Å². The molecule has 132 valence electrons. The van der Waals surface area contributed by atoms with Crippen LogP contribution in [0.5, 0.6) is 0 Å². The molecule has 6 heteroatoms. The summed E-state index contributed by atoms with van der Waals surface area (Å²) in [5, 5.41) is 0. The molecule has 1 atom stereocenters. The maximum Gasteiger partial charge on any atom is 0.254 e. The first-order chi connectivity index (χ1) is 12.0. The zero-order chi connectivity index (χ0) is 17.8. The van der Waals surface area contributed by atoms with Crippen LogP contribution in [0.3, 0.4) is 0 Å². The monoisotopic (exact) mass is 340 g/mol. The van der Waals surface area contributed by atoms with Crippen LogP contribution in [-0.4, -0.2) is 25.3 Å². The molecule has 2 aromatic heterocycles. The maximum absolute atomic E-state index is 13.0. The van der Waals surface area contributed by atoms with E-state index < -0.39 is 6.04 Å². The lowest BCUT2D eigenvalue weighted by Gasteiger charge is -2.21. The van der Waals surface area contributed by atoms with E-state index in [1.165, 1.54) is 29.8 Å². The minimum absolute atomic E-state index is 0.00203. The van der Waals surface area contributed by atoms with Crippen LogP contribution >= 0.6 is 0 Å². The van der Waals surface area contributed by atoms with Crippen LogP contribution in [0.25, 0.3) is 0 Å². The van der Waals surface area contributed by atoms with Crippen LogP contribution in [-0.2, 0) is 11.2 Å². The van der Waals surface area contributed by atoms with Gasteiger partial charge in [0, 0.05) is 24.2 Å². The van der Waals surface area contributed by atoms with Gasteiger partial charge in [0.15, 0.2) is 5.78 Å². The summed E-state index contributed by atoms with van der Waals surface area (Å²) in [7, 11) is 0. The number of hydrogen-bond acceptors (Lipinski definition) is 5. The fraction of sp³-hybridized carbons (Fsp3) is 0.526. The summed E-state index contributed by atoms with van der Waals surface area (Å²) in [5.74, 6) is 0.490. The van der Waals surface area contributed by atoms with E-state index in [1.807, 2.05) is 6.92 Å². The van der Waals surface area contributed by atoms with E-state index in [4.69, 9.17) is 0 Å². The Morgan fingerprint density at radius 2 is 1.92 bits per heavy atom. The van der Waals surface area contributed by atoms with Gasteiger partial charge < -0.3 is 0 Å². The molecule has 1 fully saturated rings. The second kappa shape index (κ2) is 7.68.